The number of rotatable bonds is 2. The number of hydrogen-bond acceptors (Lipinski definition) is 1. The summed E-state index contributed by atoms with van der Waals surface area (Å²) in [6.45, 7) is 4.09. The highest BCUT2D eigenvalue weighted by Gasteiger charge is 2.78. The average molecular weight is 500 g/mol. The molecule has 5 atom stereocenters. The van der Waals surface area contributed by atoms with Gasteiger partial charge in [0.2, 0.25) is 5.91 Å². The van der Waals surface area contributed by atoms with Gasteiger partial charge in [0.25, 0.3) is 5.54 Å². The minimum atomic E-state index is -5.77. The Bertz CT molecular complexity index is 1020. The first-order valence-corrected chi connectivity index (χ1v) is 12.5. The van der Waals surface area contributed by atoms with Gasteiger partial charge in [0.15, 0.2) is 0 Å². The van der Waals surface area contributed by atoms with Crippen molar-refractivity contribution in [2.45, 2.75) is 83.1 Å². The molecule has 1 aliphatic heterocycles. The minimum absolute atomic E-state index is 0.0378. The van der Waals surface area contributed by atoms with Crippen molar-refractivity contribution in [1.29, 1.82) is 0 Å². The maximum absolute atomic E-state index is 14.8. The quantitative estimate of drug-likeness (QED) is 0.381. The van der Waals surface area contributed by atoms with Crippen LogP contribution >= 0.6 is 0 Å². The summed E-state index contributed by atoms with van der Waals surface area (Å²) in [5.74, 6) is -0.509. The molecule has 0 spiro atoms. The molecule has 0 N–H and O–H groups in total. The molecule has 5 rings (SSSR count). The standard InChI is InChI=1S/C27H31F6NO/c1-23-14-6-9-19(23)18-10-11-21-24(2,20(18)12-15-23)16-13-22(35)34(21)25(26(28,29)30,27(31,32)33)17-7-4-3-5-8-17/h3-5,7-8,11,18-20H,6,9-10,12-16H2,1-2H3/t18-,19-,20-,23-,24+/m0/s1. The first-order valence-electron chi connectivity index (χ1n) is 12.5. The summed E-state index contributed by atoms with van der Waals surface area (Å²) in [5, 5.41) is 0. The molecule has 0 radical (unpaired) electrons. The highest BCUT2D eigenvalue weighted by atomic mass is 19.4. The molecule has 2 saturated carbocycles. The lowest BCUT2D eigenvalue weighted by molar-refractivity contribution is -0.342. The molecule has 35 heavy (non-hydrogen) atoms. The topological polar surface area (TPSA) is 20.3 Å². The SMILES string of the molecule is C[C@@]12CCC[C@H]1[C@@H]1CC=C3N(C(c4ccccc4)(C(F)(F)F)C(F)(F)F)C(=O)CC[C@]3(C)[C@H]1CC2. The molecule has 1 aromatic carbocycles. The van der Waals surface area contributed by atoms with Crippen LogP contribution in [-0.4, -0.2) is 23.2 Å². The van der Waals surface area contributed by atoms with Crippen molar-refractivity contribution < 1.29 is 31.1 Å². The molecule has 3 fully saturated rings. The molecule has 0 bridgehead atoms. The second kappa shape index (κ2) is 7.75. The Kier molecular flexibility index (Phi) is 5.47. The van der Waals surface area contributed by atoms with Crippen molar-refractivity contribution in [3.63, 3.8) is 0 Å². The van der Waals surface area contributed by atoms with Gasteiger partial charge in [-0.05, 0) is 67.3 Å². The average Bonchev–Trinajstić information content (AvgIpc) is 3.17. The Morgan fingerprint density at radius 3 is 2.17 bits per heavy atom. The van der Waals surface area contributed by atoms with E-state index in [0.717, 1.165) is 56.4 Å². The van der Waals surface area contributed by atoms with Crippen molar-refractivity contribution in [1.82, 2.24) is 4.90 Å². The van der Waals surface area contributed by atoms with Crippen LogP contribution < -0.4 is 0 Å². The molecule has 1 aromatic rings. The maximum atomic E-state index is 14.8. The Morgan fingerprint density at radius 2 is 1.54 bits per heavy atom. The molecule has 1 heterocycles. The Balaban J connectivity index is 1.70. The zero-order valence-corrected chi connectivity index (χ0v) is 20.0. The van der Waals surface area contributed by atoms with Gasteiger partial charge < -0.3 is 0 Å². The fourth-order valence-corrected chi connectivity index (χ4v) is 8.26. The van der Waals surface area contributed by atoms with Crippen molar-refractivity contribution in [2.75, 3.05) is 0 Å². The number of allylic oxidation sites excluding steroid dienone is 2. The van der Waals surface area contributed by atoms with Crippen LogP contribution in [0.1, 0.15) is 70.8 Å². The highest BCUT2D eigenvalue weighted by molar-refractivity contribution is 5.81. The lowest BCUT2D eigenvalue weighted by atomic mass is 9.49. The fraction of sp³-hybridized carbons (Fsp3) is 0.667. The molecule has 1 amide bonds. The largest absolute Gasteiger partial charge is 0.425 e. The van der Waals surface area contributed by atoms with E-state index in [9.17, 15) is 31.1 Å². The van der Waals surface area contributed by atoms with Crippen LogP contribution in [0.4, 0.5) is 26.3 Å². The predicted molar refractivity (Wildman–Crippen MR) is 119 cm³/mol. The van der Waals surface area contributed by atoms with Gasteiger partial charge in [-0.1, -0.05) is 56.7 Å². The van der Waals surface area contributed by atoms with Crippen molar-refractivity contribution >= 4 is 5.91 Å². The fourth-order valence-electron chi connectivity index (χ4n) is 8.26. The van der Waals surface area contributed by atoms with Crippen LogP contribution in [0, 0.1) is 28.6 Å². The summed E-state index contributed by atoms with van der Waals surface area (Å²) < 4.78 is 88.9. The van der Waals surface area contributed by atoms with Gasteiger partial charge >= 0.3 is 12.4 Å². The number of alkyl halides is 6. The summed E-state index contributed by atoms with van der Waals surface area (Å²) in [7, 11) is 0. The maximum Gasteiger partial charge on any atom is 0.425 e. The van der Waals surface area contributed by atoms with Crippen LogP contribution in [-0.2, 0) is 10.3 Å². The number of halogens is 6. The van der Waals surface area contributed by atoms with E-state index < -0.39 is 34.8 Å². The van der Waals surface area contributed by atoms with Gasteiger partial charge in [-0.15, -0.1) is 0 Å². The number of carbonyl (C=O) groups excluding carboxylic acids is 1. The van der Waals surface area contributed by atoms with E-state index in [-0.39, 0.29) is 40.7 Å². The number of likely N-dealkylation sites (tertiary alicyclic amines) is 1. The van der Waals surface area contributed by atoms with Gasteiger partial charge in [0.05, 0.1) is 0 Å². The zero-order valence-electron chi connectivity index (χ0n) is 20.0. The summed E-state index contributed by atoms with van der Waals surface area (Å²) in [6, 6.07) is 5.34. The Hall–Kier alpha value is -1.99. The van der Waals surface area contributed by atoms with Crippen molar-refractivity contribution in [2.24, 2.45) is 28.6 Å². The second-order valence-corrected chi connectivity index (χ2v) is 11.5. The minimum Gasteiger partial charge on any atom is -0.289 e. The van der Waals surface area contributed by atoms with Gasteiger partial charge in [-0.2, -0.15) is 26.3 Å². The number of benzene rings is 1. The summed E-state index contributed by atoms with van der Waals surface area (Å²) in [6.07, 6.45) is -4.64. The Morgan fingerprint density at radius 1 is 0.886 bits per heavy atom. The number of hydrogen-bond donors (Lipinski definition) is 0. The molecular formula is C27H31F6NO. The van der Waals surface area contributed by atoms with Crippen molar-refractivity contribution in [3.8, 4) is 0 Å². The molecule has 0 unspecified atom stereocenters. The zero-order chi connectivity index (χ0) is 25.4. The van der Waals surface area contributed by atoms with E-state index in [2.05, 4.69) is 6.92 Å². The first-order chi connectivity index (χ1) is 16.3. The normalized spacial score (nSPS) is 35.8. The molecule has 0 aromatic heterocycles. The smallest absolute Gasteiger partial charge is 0.289 e. The second-order valence-electron chi connectivity index (χ2n) is 11.5. The third kappa shape index (κ3) is 3.26. The van der Waals surface area contributed by atoms with E-state index in [0.29, 0.717) is 12.3 Å². The lowest BCUT2D eigenvalue weighted by Crippen LogP contribution is -2.69. The summed E-state index contributed by atoms with van der Waals surface area (Å²) in [5.41, 5.74) is -6.23. The number of amides is 1. The van der Waals surface area contributed by atoms with Crippen LogP contribution in [0.15, 0.2) is 42.1 Å². The summed E-state index contributed by atoms with van der Waals surface area (Å²) in [4.78, 5) is 13.3. The van der Waals surface area contributed by atoms with E-state index in [1.54, 1.807) is 13.0 Å². The van der Waals surface area contributed by atoms with E-state index >= 15 is 0 Å². The van der Waals surface area contributed by atoms with E-state index in [1.807, 2.05) is 0 Å². The molecule has 4 aliphatic rings. The van der Waals surface area contributed by atoms with Crippen LogP contribution in [0.3, 0.4) is 0 Å². The third-order valence-electron chi connectivity index (χ3n) is 9.90. The molecular weight excluding hydrogens is 468 g/mol. The molecule has 2 nitrogen and oxygen atoms in total. The third-order valence-corrected chi connectivity index (χ3v) is 9.90. The van der Waals surface area contributed by atoms with Gasteiger partial charge in [0, 0.05) is 17.5 Å². The monoisotopic (exact) mass is 499 g/mol. The van der Waals surface area contributed by atoms with Crippen LogP contribution in [0.2, 0.25) is 0 Å². The summed E-state index contributed by atoms with van der Waals surface area (Å²) >= 11 is 0. The van der Waals surface area contributed by atoms with Crippen LogP contribution in [0.25, 0.3) is 0 Å². The molecule has 192 valence electrons. The van der Waals surface area contributed by atoms with E-state index in [1.165, 1.54) is 6.07 Å². The predicted octanol–water partition coefficient (Wildman–Crippen LogP) is 7.76. The molecule has 1 saturated heterocycles. The van der Waals surface area contributed by atoms with Crippen molar-refractivity contribution in [3.05, 3.63) is 47.7 Å². The first kappa shape index (κ1) is 24.7. The number of fused-ring (bicyclic) bond motifs is 5. The number of carbonyl (C=O) groups is 1. The molecule has 8 heteroatoms. The lowest BCUT2D eigenvalue weighted by Gasteiger charge is -2.60. The highest BCUT2D eigenvalue weighted by Crippen LogP contribution is 2.67. The van der Waals surface area contributed by atoms with Gasteiger partial charge in [-0.3, -0.25) is 9.69 Å². The van der Waals surface area contributed by atoms with Crippen LogP contribution in [0.5, 0.6) is 0 Å². The van der Waals surface area contributed by atoms with Gasteiger partial charge in [0.1, 0.15) is 0 Å². The van der Waals surface area contributed by atoms with E-state index in [4.69, 9.17) is 0 Å². The molecule has 3 aliphatic carbocycles. The number of nitrogens with zero attached hydrogens (tertiary/aromatic N) is 1. The Labute approximate surface area is 201 Å². The number of piperidine rings is 1. The van der Waals surface area contributed by atoms with Gasteiger partial charge in [-0.25, -0.2) is 0 Å².